The van der Waals surface area contributed by atoms with Crippen molar-refractivity contribution >= 4 is 11.7 Å². The molecule has 0 radical (unpaired) electrons. The van der Waals surface area contributed by atoms with Crippen molar-refractivity contribution in [1.29, 1.82) is 5.26 Å². The number of amides is 1. The van der Waals surface area contributed by atoms with Gasteiger partial charge in [0, 0.05) is 12.3 Å². The molecule has 2 aromatic heterocycles. The van der Waals surface area contributed by atoms with Crippen LogP contribution >= 0.6 is 0 Å². The Morgan fingerprint density at radius 1 is 1.24 bits per heavy atom. The van der Waals surface area contributed by atoms with Gasteiger partial charge in [0.1, 0.15) is 17.6 Å². The summed E-state index contributed by atoms with van der Waals surface area (Å²) in [4.78, 5) is 16.3. The molecular formula is C19H17N5O. The Bertz CT molecular complexity index is 951. The van der Waals surface area contributed by atoms with Gasteiger partial charge in [-0.2, -0.15) is 10.4 Å². The van der Waals surface area contributed by atoms with E-state index in [0.717, 1.165) is 11.3 Å². The molecule has 1 aromatic carbocycles. The zero-order valence-electron chi connectivity index (χ0n) is 14.0. The summed E-state index contributed by atoms with van der Waals surface area (Å²) in [5.74, 6) is 0.329. The zero-order valence-corrected chi connectivity index (χ0v) is 14.0. The van der Waals surface area contributed by atoms with E-state index < -0.39 is 0 Å². The zero-order chi connectivity index (χ0) is 17.8. The van der Waals surface area contributed by atoms with Crippen molar-refractivity contribution in [2.24, 2.45) is 0 Å². The number of hydrogen-bond acceptors (Lipinski definition) is 4. The molecule has 0 fully saturated rings. The third kappa shape index (κ3) is 3.90. The third-order valence-electron chi connectivity index (χ3n) is 3.70. The number of nitrogens with zero attached hydrogens (tertiary/aromatic N) is 4. The molecule has 0 spiro atoms. The largest absolute Gasteiger partial charge is 0.307 e. The molecule has 0 aliphatic rings. The van der Waals surface area contributed by atoms with E-state index in [0.29, 0.717) is 17.9 Å². The number of pyridine rings is 1. The first-order valence-electron chi connectivity index (χ1n) is 7.82. The van der Waals surface area contributed by atoms with Crippen LogP contribution in [0.15, 0.2) is 48.7 Å². The van der Waals surface area contributed by atoms with E-state index in [1.807, 2.05) is 44.2 Å². The highest BCUT2D eigenvalue weighted by atomic mass is 16.1. The summed E-state index contributed by atoms with van der Waals surface area (Å²) in [5, 5.41) is 16.1. The standard InChI is InChI=1S/C19H17N5O/c1-13-4-3-5-15(8-13)12-24-18(9-14(2)23-24)22-19(25)16-6-7-17(10-20)21-11-16/h3-9,11H,12H2,1-2H3,(H,22,25). The van der Waals surface area contributed by atoms with Gasteiger partial charge in [-0.15, -0.1) is 0 Å². The predicted molar refractivity (Wildman–Crippen MR) is 94.2 cm³/mol. The highest BCUT2D eigenvalue weighted by Gasteiger charge is 2.12. The molecule has 1 N–H and O–H groups in total. The molecule has 25 heavy (non-hydrogen) atoms. The summed E-state index contributed by atoms with van der Waals surface area (Å²) in [6.07, 6.45) is 1.39. The lowest BCUT2D eigenvalue weighted by Crippen LogP contribution is -2.16. The maximum atomic E-state index is 12.4. The van der Waals surface area contributed by atoms with Crippen LogP contribution < -0.4 is 5.32 Å². The van der Waals surface area contributed by atoms with Crippen molar-refractivity contribution in [1.82, 2.24) is 14.8 Å². The van der Waals surface area contributed by atoms with E-state index in [4.69, 9.17) is 5.26 Å². The van der Waals surface area contributed by atoms with Gasteiger partial charge in [-0.1, -0.05) is 29.8 Å². The molecular weight excluding hydrogens is 314 g/mol. The molecule has 1 amide bonds. The fourth-order valence-corrected chi connectivity index (χ4v) is 2.53. The van der Waals surface area contributed by atoms with Crippen molar-refractivity contribution < 1.29 is 4.79 Å². The van der Waals surface area contributed by atoms with Gasteiger partial charge in [-0.25, -0.2) is 9.67 Å². The summed E-state index contributed by atoms with van der Waals surface area (Å²) in [6, 6.07) is 15.0. The molecule has 0 bridgehead atoms. The predicted octanol–water partition coefficient (Wildman–Crippen LogP) is 3.07. The molecule has 3 rings (SSSR count). The second-order valence-corrected chi connectivity index (χ2v) is 5.82. The van der Waals surface area contributed by atoms with Crippen LogP contribution in [0.4, 0.5) is 5.82 Å². The maximum Gasteiger partial charge on any atom is 0.258 e. The number of hydrogen-bond donors (Lipinski definition) is 1. The van der Waals surface area contributed by atoms with Crippen molar-refractivity contribution in [3.05, 3.63) is 76.7 Å². The van der Waals surface area contributed by atoms with Crippen LogP contribution in [0, 0.1) is 25.2 Å². The van der Waals surface area contributed by atoms with Gasteiger partial charge >= 0.3 is 0 Å². The van der Waals surface area contributed by atoms with Crippen molar-refractivity contribution in [3.63, 3.8) is 0 Å². The average Bonchev–Trinajstić information content (AvgIpc) is 2.94. The second kappa shape index (κ2) is 6.97. The van der Waals surface area contributed by atoms with E-state index in [9.17, 15) is 4.79 Å². The number of anilines is 1. The van der Waals surface area contributed by atoms with E-state index in [1.54, 1.807) is 10.7 Å². The van der Waals surface area contributed by atoms with E-state index in [1.165, 1.54) is 17.8 Å². The molecule has 0 saturated carbocycles. The first-order chi connectivity index (χ1) is 12.0. The normalized spacial score (nSPS) is 10.3. The van der Waals surface area contributed by atoms with Gasteiger partial charge in [0.25, 0.3) is 5.91 Å². The Labute approximate surface area is 145 Å². The Morgan fingerprint density at radius 2 is 2.08 bits per heavy atom. The molecule has 6 heteroatoms. The van der Waals surface area contributed by atoms with E-state index in [-0.39, 0.29) is 11.6 Å². The highest BCUT2D eigenvalue weighted by molar-refractivity contribution is 6.03. The summed E-state index contributed by atoms with van der Waals surface area (Å²) in [7, 11) is 0. The molecule has 0 saturated heterocycles. The van der Waals surface area contributed by atoms with Crippen molar-refractivity contribution in [3.8, 4) is 6.07 Å². The van der Waals surface area contributed by atoms with E-state index in [2.05, 4.69) is 21.5 Å². The third-order valence-corrected chi connectivity index (χ3v) is 3.70. The lowest BCUT2D eigenvalue weighted by molar-refractivity contribution is 0.102. The molecule has 2 heterocycles. The van der Waals surface area contributed by atoms with Crippen LogP contribution in [0.2, 0.25) is 0 Å². The minimum atomic E-state index is -0.289. The minimum Gasteiger partial charge on any atom is -0.307 e. The topological polar surface area (TPSA) is 83.6 Å². The smallest absolute Gasteiger partial charge is 0.258 e. The molecule has 0 aliphatic carbocycles. The first kappa shape index (κ1) is 16.4. The summed E-state index contributed by atoms with van der Waals surface area (Å²) in [6.45, 7) is 4.49. The second-order valence-electron chi connectivity index (χ2n) is 5.82. The first-order valence-corrected chi connectivity index (χ1v) is 7.82. The quantitative estimate of drug-likeness (QED) is 0.796. The molecule has 0 aliphatic heterocycles. The number of benzene rings is 1. The highest BCUT2D eigenvalue weighted by Crippen LogP contribution is 2.15. The number of nitriles is 1. The molecule has 0 unspecified atom stereocenters. The van der Waals surface area contributed by atoms with Crippen LogP contribution in [-0.2, 0) is 6.54 Å². The fourth-order valence-electron chi connectivity index (χ4n) is 2.53. The Morgan fingerprint density at radius 3 is 2.76 bits per heavy atom. The molecule has 6 nitrogen and oxygen atoms in total. The van der Waals surface area contributed by atoms with E-state index >= 15 is 0 Å². The number of carbonyl (C=O) groups excluding carboxylic acids is 1. The molecule has 124 valence electrons. The van der Waals surface area contributed by atoms with Crippen molar-refractivity contribution in [2.45, 2.75) is 20.4 Å². The SMILES string of the molecule is Cc1cccc(Cn2nc(C)cc2NC(=O)c2ccc(C#N)nc2)c1. The fraction of sp³-hybridized carbons (Fsp3) is 0.158. The monoisotopic (exact) mass is 331 g/mol. The Balaban J connectivity index is 1.80. The van der Waals surface area contributed by atoms with Crippen LogP contribution in [0.1, 0.15) is 32.9 Å². The van der Waals surface area contributed by atoms with Gasteiger partial charge in [0.15, 0.2) is 0 Å². The van der Waals surface area contributed by atoms with Gasteiger partial charge in [0.2, 0.25) is 0 Å². The van der Waals surface area contributed by atoms with Gasteiger partial charge < -0.3 is 5.32 Å². The summed E-state index contributed by atoms with van der Waals surface area (Å²) < 4.78 is 1.76. The van der Waals surface area contributed by atoms with Crippen LogP contribution in [-0.4, -0.2) is 20.7 Å². The maximum absolute atomic E-state index is 12.4. The van der Waals surface area contributed by atoms with Crippen LogP contribution in [0.3, 0.4) is 0 Å². The number of nitrogens with one attached hydrogen (secondary N) is 1. The molecule has 3 aromatic rings. The minimum absolute atomic E-state index is 0.275. The van der Waals surface area contributed by atoms with Crippen LogP contribution in [0.25, 0.3) is 0 Å². The summed E-state index contributed by atoms with van der Waals surface area (Å²) >= 11 is 0. The van der Waals surface area contributed by atoms with Gasteiger partial charge in [-0.3, -0.25) is 4.79 Å². The van der Waals surface area contributed by atoms with Crippen molar-refractivity contribution in [2.75, 3.05) is 5.32 Å². The number of aromatic nitrogens is 3. The lowest BCUT2D eigenvalue weighted by atomic mass is 10.1. The van der Waals surface area contributed by atoms with Gasteiger partial charge in [0.05, 0.1) is 17.8 Å². The number of rotatable bonds is 4. The average molecular weight is 331 g/mol. The Kier molecular flexibility index (Phi) is 4.57. The van der Waals surface area contributed by atoms with Gasteiger partial charge in [-0.05, 0) is 31.5 Å². The number of aryl methyl sites for hydroxylation is 2. The lowest BCUT2D eigenvalue weighted by Gasteiger charge is -2.09. The molecule has 0 atom stereocenters. The summed E-state index contributed by atoms with van der Waals surface area (Å²) in [5.41, 5.74) is 3.77. The van der Waals surface area contributed by atoms with Crippen LogP contribution in [0.5, 0.6) is 0 Å². The number of carbonyl (C=O) groups is 1. The Hall–Kier alpha value is -3.46.